The number of amides is 1. The quantitative estimate of drug-likeness (QED) is 0.862. The van der Waals surface area contributed by atoms with Crippen molar-refractivity contribution in [2.75, 3.05) is 25.0 Å². The average Bonchev–Trinajstić information content (AvgIpc) is 3.03. The molecule has 2 aromatic rings. The Morgan fingerprint density at radius 3 is 2.88 bits per heavy atom. The summed E-state index contributed by atoms with van der Waals surface area (Å²) in [6.45, 7) is 2.69. The van der Waals surface area contributed by atoms with E-state index in [2.05, 4.69) is 4.98 Å². The van der Waals surface area contributed by atoms with Crippen molar-refractivity contribution in [1.82, 2.24) is 9.88 Å². The molecule has 0 bridgehead atoms. The van der Waals surface area contributed by atoms with Crippen molar-refractivity contribution in [3.05, 3.63) is 35.0 Å². The first kappa shape index (κ1) is 16.5. The van der Waals surface area contributed by atoms with E-state index < -0.39 is 6.09 Å². The Bertz CT molecular complexity index is 824. The third-order valence-corrected chi connectivity index (χ3v) is 4.84. The summed E-state index contributed by atoms with van der Waals surface area (Å²) >= 11 is 6.31. The lowest BCUT2D eigenvalue weighted by Crippen LogP contribution is -2.38. The predicted molar refractivity (Wildman–Crippen MR) is 93.2 cm³/mol. The van der Waals surface area contributed by atoms with Gasteiger partial charge >= 0.3 is 6.09 Å². The third kappa shape index (κ3) is 2.78. The molecule has 0 spiro atoms. The number of hydrogen-bond acceptors (Lipinski definition) is 4. The van der Waals surface area contributed by atoms with E-state index in [0.29, 0.717) is 35.6 Å². The summed E-state index contributed by atoms with van der Waals surface area (Å²) in [6, 6.07) is 5.24. The zero-order valence-electron chi connectivity index (χ0n) is 13.5. The zero-order valence-corrected chi connectivity index (χ0v) is 14.2. The average molecular weight is 348 g/mol. The van der Waals surface area contributed by atoms with Gasteiger partial charge in [-0.25, -0.2) is 4.79 Å². The number of nitrogens with zero attached hydrogens (tertiary/aromatic N) is 3. The van der Waals surface area contributed by atoms with Crippen LogP contribution in [0, 0.1) is 0 Å². The number of Topliss-reactive ketones (excluding diaryl/α,β-unsaturated/α-hetero) is 1. The van der Waals surface area contributed by atoms with Crippen LogP contribution < -0.4 is 4.90 Å². The van der Waals surface area contributed by atoms with Gasteiger partial charge < -0.3 is 14.9 Å². The molecule has 7 heteroatoms. The van der Waals surface area contributed by atoms with Crippen molar-refractivity contribution in [2.45, 2.75) is 19.4 Å². The Morgan fingerprint density at radius 2 is 2.21 bits per heavy atom. The van der Waals surface area contributed by atoms with Crippen molar-refractivity contribution in [3.63, 3.8) is 0 Å². The Kier molecular flexibility index (Phi) is 4.32. The van der Waals surface area contributed by atoms with E-state index >= 15 is 0 Å². The summed E-state index contributed by atoms with van der Waals surface area (Å²) < 4.78 is 0. The molecule has 1 atom stereocenters. The molecule has 3 rings (SSSR count). The van der Waals surface area contributed by atoms with Gasteiger partial charge in [-0.05, 0) is 31.5 Å². The Morgan fingerprint density at radius 1 is 1.46 bits per heavy atom. The minimum Gasteiger partial charge on any atom is -0.465 e. The Balaban J connectivity index is 2.09. The minimum absolute atomic E-state index is 0.0884. The van der Waals surface area contributed by atoms with Crippen LogP contribution in [-0.2, 0) is 0 Å². The van der Waals surface area contributed by atoms with Gasteiger partial charge in [-0.2, -0.15) is 0 Å². The molecule has 1 aliphatic heterocycles. The van der Waals surface area contributed by atoms with Crippen molar-refractivity contribution >= 4 is 40.1 Å². The number of fused-ring (bicyclic) bond motifs is 1. The molecule has 1 fully saturated rings. The summed E-state index contributed by atoms with van der Waals surface area (Å²) in [5.74, 6) is -0.0884. The largest absolute Gasteiger partial charge is 0.465 e. The van der Waals surface area contributed by atoms with Gasteiger partial charge in [0, 0.05) is 37.3 Å². The molecular weight excluding hydrogens is 330 g/mol. The highest BCUT2D eigenvalue weighted by Crippen LogP contribution is 2.36. The van der Waals surface area contributed by atoms with Crippen LogP contribution in [0.3, 0.4) is 0 Å². The van der Waals surface area contributed by atoms with E-state index in [1.807, 2.05) is 11.0 Å². The number of carbonyl (C=O) groups excluding carboxylic acids is 1. The molecule has 0 radical (unpaired) electrons. The highest BCUT2D eigenvalue weighted by molar-refractivity contribution is 6.36. The van der Waals surface area contributed by atoms with E-state index in [1.165, 1.54) is 11.8 Å². The van der Waals surface area contributed by atoms with Crippen LogP contribution in [0.2, 0.25) is 5.02 Å². The fourth-order valence-corrected chi connectivity index (χ4v) is 3.45. The number of hydrogen-bond donors (Lipinski definition) is 1. The molecule has 0 unspecified atom stereocenters. The molecule has 1 aromatic carbocycles. The Hall–Kier alpha value is -2.34. The first-order valence-electron chi connectivity index (χ1n) is 7.69. The number of anilines is 1. The number of rotatable bonds is 3. The van der Waals surface area contributed by atoms with Crippen LogP contribution in [-0.4, -0.2) is 53.0 Å². The van der Waals surface area contributed by atoms with Gasteiger partial charge in [0.25, 0.3) is 0 Å². The lowest BCUT2D eigenvalue weighted by atomic mass is 10.0. The molecule has 1 N–H and O–H groups in total. The number of aromatic nitrogens is 1. The second-order valence-electron chi connectivity index (χ2n) is 5.99. The topological polar surface area (TPSA) is 73.7 Å². The van der Waals surface area contributed by atoms with E-state index in [1.54, 1.807) is 25.4 Å². The molecular formula is C17H18ClN3O3. The highest BCUT2D eigenvalue weighted by Gasteiger charge is 2.31. The first-order chi connectivity index (χ1) is 11.4. The van der Waals surface area contributed by atoms with E-state index in [0.717, 1.165) is 11.1 Å². The Labute approximate surface area is 144 Å². The molecule has 2 heterocycles. The molecule has 6 nitrogen and oxygen atoms in total. The lowest BCUT2D eigenvalue weighted by molar-refractivity contribution is 0.101. The van der Waals surface area contributed by atoms with Gasteiger partial charge in [0.15, 0.2) is 5.78 Å². The monoisotopic (exact) mass is 347 g/mol. The maximum Gasteiger partial charge on any atom is 0.407 e. The number of halogens is 1. The maximum absolute atomic E-state index is 12.1. The van der Waals surface area contributed by atoms with Crippen LogP contribution in [0.4, 0.5) is 10.5 Å². The van der Waals surface area contributed by atoms with Crippen LogP contribution in [0.5, 0.6) is 0 Å². The van der Waals surface area contributed by atoms with Gasteiger partial charge in [0.2, 0.25) is 0 Å². The second kappa shape index (κ2) is 6.28. The SMILES string of the molecule is CC(=O)c1cc(Cl)c2cccnc2c1N1CC[C@H](N(C)C(=O)O)C1. The molecule has 126 valence electrons. The van der Waals surface area contributed by atoms with Gasteiger partial charge in [-0.15, -0.1) is 0 Å². The molecule has 0 aliphatic carbocycles. The molecule has 0 saturated carbocycles. The number of ketones is 1. The van der Waals surface area contributed by atoms with Crippen molar-refractivity contribution in [2.24, 2.45) is 0 Å². The third-order valence-electron chi connectivity index (χ3n) is 4.52. The summed E-state index contributed by atoms with van der Waals surface area (Å²) in [4.78, 5) is 31.1. The van der Waals surface area contributed by atoms with Gasteiger partial charge in [0.1, 0.15) is 0 Å². The van der Waals surface area contributed by atoms with E-state index in [-0.39, 0.29) is 11.8 Å². The fraction of sp³-hybridized carbons (Fsp3) is 0.353. The first-order valence-corrected chi connectivity index (χ1v) is 8.06. The predicted octanol–water partition coefficient (Wildman–Crippen LogP) is 3.28. The smallest absolute Gasteiger partial charge is 0.407 e. The van der Waals surface area contributed by atoms with Gasteiger partial charge in [-0.3, -0.25) is 9.78 Å². The summed E-state index contributed by atoms with van der Waals surface area (Å²) in [6.07, 6.45) is 1.42. The standard InChI is InChI=1S/C17H18ClN3O3/c1-10(22)13-8-14(18)12-4-3-6-19-15(12)16(13)21-7-5-11(9-21)20(2)17(23)24/h3-4,6,8,11H,5,7,9H2,1-2H3,(H,23,24)/t11-/m0/s1. The van der Waals surface area contributed by atoms with Crippen LogP contribution in [0.25, 0.3) is 10.9 Å². The van der Waals surface area contributed by atoms with Crippen molar-refractivity contribution < 1.29 is 14.7 Å². The molecule has 1 saturated heterocycles. The normalized spacial score (nSPS) is 17.3. The summed E-state index contributed by atoms with van der Waals surface area (Å²) in [5, 5.41) is 10.5. The molecule has 1 amide bonds. The van der Waals surface area contributed by atoms with Gasteiger partial charge in [0.05, 0.1) is 22.3 Å². The van der Waals surface area contributed by atoms with Crippen LogP contribution >= 0.6 is 11.6 Å². The number of benzene rings is 1. The zero-order chi connectivity index (χ0) is 17.4. The number of carbonyl (C=O) groups is 2. The second-order valence-corrected chi connectivity index (χ2v) is 6.40. The molecule has 1 aromatic heterocycles. The van der Waals surface area contributed by atoms with Crippen LogP contribution in [0.15, 0.2) is 24.4 Å². The summed E-state index contributed by atoms with van der Waals surface area (Å²) in [7, 11) is 1.57. The van der Waals surface area contributed by atoms with Gasteiger partial charge in [-0.1, -0.05) is 11.6 Å². The van der Waals surface area contributed by atoms with E-state index in [4.69, 9.17) is 11.6 Å². The van der Waals surface area contributed by atoms with Crippen LogP contribution in [0.1, 0.15) is 23.7 Å². The number of pyridine rings is 1. The lowest BCUT2D eigenvalue weighted by Gasteiger charge is -2.25. The number of carboxylic acid groups (broad SMARTS) is 1. The van der Waals surface area contributed by atoms with Crippen molar-refractivity contribution in [1.29, 1.82) is 0 Å². The molecule has 1 aliphatic rings. The number of likely N-dealkylation sites (N-methyl/N-ethyl adjacent to an activating group) is 1. The molecule has 24 heavy (non-hydrogen) atoms. The summed E-state index contributed by atoms with van der Waals surface area (Å²) in [5.41, 5.74) is 1.93. The fourth-order valence-electron chi connectivity index (χ4n) is 3.19. The minimum atomic E-state index is -0.951. The highest BCUT2D eigenvalue weighted by atomic mass is 35.5. The van der Waals surface area contributed by atoms with E-state index in [9.17, 15) is 14.7 Å². The maximum atomic E-state index is 12.1. The van der Waals surface area contributed by atoms with Crippen molar-refractivity contribution in [3.8, 4) is 0 Å².